The van der Waals surface area contributed by atoms with E-state index in [4.69, 9.17) is 9.97 Å². The number of hydrogen-bond acceptors (Lipinski definition) is 4. The Morgan fingerprint density at radius 2 is 0.524 bits per heavy atom. The molecule has 0 radical (unpaired) electrons. The van der Waals surface area contributed by atoms with E-state index in [0.717, 1.165) is 72.9 Å². The lowest BCUT2D eigenvalue weighted by Gasteiger charge is -2.25. The van der Waals surface area contributed by atoms with Crippen molar-refractivity contribution in [1.82, 2.24) is 19.1 Å². The molecule has 0 saturated carbocycles. The number of hydrogen-bond donors (Lipinski definition) is 1. The van der Waals surface area contributed by atoms with E-state index >= 15 is 0 Å². The minimum atomic E-state index is 0.944. The quantitative estimate of drug-likeness (QED) is 0.104. The molecule has 0 aliphatic heterocycles. The Bertz CT molecular complexity index is 6330. The van der Waals surface area contributed by atoms with Crippen molar-refractivity contribution in [1.29, 1.82) is 0 Å². The molecule has 1 N–H and O–H groups in total. The van der Waals surface area contributed by atoms with Gasteiger partial charge in [-0.1, -0.05) is 243 Å². The molecule has 16 aromatic carbocycles. The molecule has 0 fully saturated rings. The van der Waals surface area contributed by atoms with Crippen LogP contribution in [0, 0.1) is 3.57 Å². The maximum atomic E-state index is 4.95. The molecule has 0 aliphatic rings. The maximum absolute atomic E-state index is 4.95. The molecule has 0 atom stereocenters. The fourth-order valence-corrected chi connectivity index (χ4v) is 15.7. The smallest absolute Gasteiger partial charge is 0.145 e. The number of benzene rings is 16. The van der Waals surface area contributed by atoms with Crippen LogP contribution in [0.4, 0.5) is 28.4 Å². The summed E-state index contributed by atoms with van der Waals surface area (Å²) in [5, 5.41) is 18.1. The number of para-hydroxylation sites is 4. The highest BCUT2D eigenvalue weighted by atomic mass is 127. The number of rotatable bonds is 11. The van der Waals surface area contributed by atoms with E-state index in [1.54, 1.807) is 0 Å². The van der Waals surface area contributed by atoms with E-state index in [2.05, 4.69) is 357 Å². The summed E-state index contributed by atoms with van der Waals surface area (Å²) in [6, 6.07) is 138. The van der Waals surface area contributed by atoms with Crippen molar-refractivity contribution in [2.24, 2.45) is 0 Å². The van der Waals surface area contributed by atoms with Crippen molar-refractivity contribution in [3.8, 4) is 55.9 Å². The largest absolute Gasteiger partial charge is 0.356 e. The average Bonchev–Trinajstić information content (AvgIpc) is 1.47. The van der Waals surface area contributed by atoms with Crippen LogP contribution in [0.2, 0.25) is 0 Å². The van der Waals surface area contributed by atoms with E-state index in [1.807, 2.05) is 85.2 Å². The maximum Gasteiger partial charge on any atom is 0.145 e. The summed E-state index contributed by atoms with van der Waals surface area (Å²) < 4.78 is 5.79. The van der Waals surface area contributed by atoms with Gasteiger partial charge < -0.3 is 10.2 Å². The summed E-state index contributed by atoms with van der Waals surface area (Å²) in [7, 11) is 0. The number of nitrogens with zero attached hydrogens (tertiary/aromatic N) is 5. The van der Waals surface area contributed by atoms with E-state index in [9.17, 15) is 0 Å². The molecule has 20 rings (SSSR count). The van der Waals surface area contributed by atoms with Crippen LogP contribution >= 0.6 is 22.6 Å². The van der Waals surface area contributed by atoms with Crippen molar-refractivity contribution in [2.75, 3.05) is 10.2 Å². The Morgan fingerprint density at radius 1 is 0.238 bits per heavy atom. The summed E-state index contributed by atoms with van der Waals surface area (Å²) in [5.41, 5.74) is 21.9. The lowest BCUT2D eigenvalue weighted by molar-refractivity contribution is 1.13. The summed E-state index contributed by atoms with van der Waals surface area (Å²) in [5.74, 6) is 0. The number of pyridine rings is 2. The first kappa shape index (κ1) is 63.9. The molecule has 20 aromatic rings. The standard InChI is InChI=1S/C49H33N3.C37H23IN2.C12H11N/c1-4-15-34(16-5-1)47-40-21-10-12-23-42(40)48(43-24-13-11-22-41(43)47)35-26-31-46-45(33-35)44-25-14-32-50-49(44)52(46)39-29-27-38(28-30-39)51(36-17-6-2-7-18-36)37-19-8-3-9-20-37;38-26-17-19-27(20-18-26)40-34-21-16-25(23-33(34)32-15-8-22-39-37(32)40)36-30-13-6-4-11-28(30)35(24-9-2-1-3-10-24)29-12-5-7-14-31(29)36;1-3-7-11(8-4-1)13-12-9-5-2-6-10-12/h1-33H;1-23H;1-10,13H. The van der Waals surface area contributed by atoms with Gasteiger partial charge in [-0.3, -0.25) is 9.13 Å². The molecule has 105 heavy (non-hydrogen) atoms. The molecule has 4 aromatic heterocycles. The van der Waals surface area contributed by atoms with Gasteiger partial charge >= 0.3 is 0 Å². The molecule has 4 heterocycles. The Labute approximate surface area is 622 Å². The number of halogens is 1. The molecule has 0 amide bonds. The normalized spacial score (nSPS) is 11.3. The third kappa shape index (κ3) is 12.1. The number of aromatic nitrogens is 4. The predicted molar refractivity (Wildman–Crippen MR) is 452 cm³/mol. The first-order valence-electron chi connectivity index (χ1n) is 35.5. The van der Waals surface area contributed by atoms with Gasteiger partial charge in [-0.25, -0.2) is 9.97 Å². The summed E-state index contributed by atoms with van der Waals surface area (Å²) in [6.07, 6.45) is 3.78. The van der Waals surface area contributed by atoms with Crippen LogP contribution in [0.15, 0.2) is 401 Å². The van der Waals surface area contributed by atoms with E-state index in [1.165, 1.54) is 102 Å². The summed E-state index contributed by atoms with van der Waals surface area (Å²) in [4.78, 5) is 12.1. The van der Waals surface area contributed by atoms with Crippen molar-refractivity contribution >= 4 is 138 Å². The Morgan fingerprint density at radius 3 is 0.876 bits per heavy atom. The predicted octanol–water partition coefficient (Wildman–Crippen LogP) is 27.1. The van der Waals surface area contributed by atoms with Crippen LogP contribution < -0.4 is 10.2 Å². The lowest BCUT2D eigenvalue weighted by Crippen LogP contribution is -2.09. The zero-order valence-corrected chi connectivity index (χ0v) is 59.4. The van der Waals surface area contributed by atoms with E-state index < -0.39 is 0 Å². The number of nitrogens with one attached hydrogen (secondary N) is 1. The molecular formula is C98H67IN6. The first-order chi connectivity index (χ1) is 52.1. The third-order valence-corrected chi connectivity index (χ3v) is 20.7. The summed E-state index contributed by atoms with van der Waals surface area (Å²) >= 11 is 2.36. The molecule has 0 unspecified atom stereocenters. The Hall–Kier alpha value is -13.2. The minimum Gasteiger partial charge on any atom is -0.356 e. The van der Waals surface area contributed by atoms with Crippen LogP contribution in [-0.2, 0) is 0 Å². The third-order valence-electron chi connectivity index (χ3n) is 19.9. The lowest BCUT2D eigenvalue weighted by atomic mass is 9.86. The second kappa shape index (κ2) is 28.3. The molecule has 0 saturated heterocycles. The zero-order valence-electron chi connectivity index (χ0n) is 57.2. The average molecular weight is 1460 g/mol. The fraction of sp³-hybridized carbons (Fsp3) is 0. The molecule has 6 nitrogen and oxygen atoms in total. The van der Waals surface area contributed by atoms with Gasteiger partial charge in [0.2, 0.25) is 0 Å². The first-order valence-corrected chi connectivity index (χ1v) is 36.5. The van der Waals surface area contributed by atoms with Gasteiger partial charge in [0.05, 0.1) is 11.0 Å². The van der Waals surface area contributed by atoms with Gasteiger partial charge in [-0.2, -0.15) is 0 Å². The van der Waals surface area contributed by atoms with Crippen molar-refractivity contribution < 1.29 is 0 Å². The van der Waals surface area contributed by atoms with Gasteiger partial charge in [0.15, 0.2) is 0 Å². The van der Waals surface area contributed by atoms with Crippen LogP contribution in [0.25, 0.3) is 143 Å². The number of fused-ring (bicyclic) bond motifs is 10. The van der Waals surface area contributed by atoms with Crippen LogP contribution in [0.5, 0.6) is 0 Å². The minimum absolute atomic E-state index is 0.944. The molecular weight excluding hydrogens is 1390 g/mol. The summed E-state index contributed by atoms with van der Waals surface area (Å²) in [6.45, 7) is 0. The van der Waals surface area contributed by atoms with Gasteiger partial charge in [0.1, 0.15) is 11.3 Å². The number of anilines is 5. The highest BCUT2D eigenvalue weighted by molar-refractivity contribution is 14.1. The highest BCUT2D eigenvalue weighted by Crippen LogP contribution is 2.48. The van der Waals surface area contributed by atoms with Gasteiger partial charge in [-0.15, -0.1) is 0 Å². The fourth-order valence-electron chi connectivity index (χ4n) is 15.4. The zero-order chi connectivity index (χ0) is 70.0. The van der Waals surface area contributed by atoms with E-state index in [0.29, 0.717) is 0 Å². The SMILES string of the molecule is Ic1ccc(-n2c3ccc(-c4c5ccccc5c(-c5ccccc5)c5ccccc45)cc3c3cccnc32)cc1.c1ccc(-c2c3ccccc3c(-c3ccc4c(c3)c3cccnc3n4-c3ccc(N(c4ccccc4)c4ccccc4)cc3)c3ccccc23)cc1.c1ccc(Nc2ccccc2)cc1. The Balaban J connectivity index is 0.000000130. The van der Waals surface area contributed by atoms with Crippen molar-refractivity contribution in [2.45, 2.75) is 0 Å². The van der Waals surface area contributed by atoms with Crippen LogP contribution in [0.3, 0.4) is 0 Å². The van der Waals surface area contributed by atoms with Gasteiger partial charge in [0.25, 0.3) is 0 Å². The molecule has 0 aliphatic carbocycles. The highest BCUT2D eigenvalue weighted by Gasteiger charge is 2.23. The van der Waals surface area contributed by atoms with Crippen LogP contribution in [-0.4, -0.2) is 19.1 Å². The topological polar surface area (TPSA) is 50.9 Å². The molecule has 7 heteroatoms. The second-order valence-corrected chi connectivity index (χ2v) is 27.4. The van der Waals surface area contributed by atoms with Crippen molar-refractivity contribution in [3.63, 3.8) is 0 Å². The van der Waals surface area contributed by atoms with Crippen LogP contribution in [0.1, 0.15) is 0 Å². The van der Waals surface area contributed by atoms with Gasteiger partial charge in [0, 0.05) is 77.3 Å². The molecule has 0 spiro atoms. The monoisotopic (exact) mass is 1450 g/mol. The van der Waals surface area contributed by atoms with Crippen molar-refractivity contribution in [3.05, 3.63) is 404 Å². The molecule has 0 bridgehead atoms. The second-order valence-electron chi connectivity index (χ2n) is 26.2. The Kier molecular flexibility index (Phi) is 17.2. The van der Waals surface area contributed by atoms with Gasteiger partial charge in [-0.05, 0) is 256 Å². The van der Waals surface area contributed by atoms with E-state index in [-0.39, 0.29) is 0 Å². The molecule has 496 valence electrons.